The Balaban J connectivity index is 1.66. The van der Waals surface area contributed by atoms with Crippen LogP contribution in [0.4, 0.5) is 4.79 Å². The molecule has 2 saturated heterocycles. The van der Waals surface area contributed by atoms with Gasteiger partial charge in [-0.2, -0.15) is 0 Å². The van der Waals surface area contributed by atoms with Crippen LogP contribution in [0.25, 0.3) is 0 Å². The average Bonchev–Trinajstić information content (AvgIpc) is 2.97. The summed E-state index contributed by atoms with van der Waals surface area (Å²) in [7, 11) is 0. The Hall–Kier alpha value is -2.60. The molecule has 3 aliphatic rings. The monoisotopic (exact) mass is 313 g/mol. The number of hydrogen-bond acceptors (Lipinski definition) is 5. The van der Waals surface area contributed by atoms with E-state index in [0.717, 1.165) is 5.56 Å². The molecule has 0 saturated carbocycles. The molecule has 6 nitrogen and oxygen atoms in total. The van der Waals surface area contributed by atoms with Gasteiger partial charge in [0, 0.05) is 6.42 Å². The number of cyclic esters (lactones) is 1. The van der Waals surface area contributed by atoms with Crippen molar-refractivity contribution in [1.82, 2.24) is 5.32 Å². The van der Waals surface area contributed by atoms with Crippen LogP contribution >= 0.6 is 0 Å². The van der Waals surface area contributed by atoms with Crippen LogP contribution in [0.15, 0.2) is 54.3 Å². The number of benzene rings is 1. The fraction of sp³-hybridized carbons (Fsp3) is 0.294. The van der Waals surface area contributed by atoms with Crippen LogP contribution in [-0.2, 0) is 19.0 Å². The van der Waals surface area contributed by atoms with E-state index < -0.39 is 23.8 Å². The zero-order chi connectivity index (χ0) is 15.9. The molecule has 118 valence electrons. The second-order valence-corrected chi connectivity index (χ2v) is 5.69. The number of carbonyl (C=O) groups excluding carboxylic acids is 2. The number of alkyl carbamates (subject to hydrolysis) is 1. The lowest BCUT2D eigenvalue weighted by molar-refractivity contribution is -0.175. The van der Waals surface area contributed by atoms with Gasteiger partial charge >= 0.3 is 6.09 Å². The first-order valence-electron chi connectivity index (χ1n) is 7.39. The van der Waals surface area contributed by atoms with Gasteiger partial charge in [-0.05, 0) is 17.7 Å². The standard InChI is InChI=1S/C17H15NO5/c19-15(17-8-4-7-12(9-17)21-10-22-17)14-13(18-16(20)23-14)11-5-2-1-3-6-11/h1-8,13-14H,9-10H2,(H,18,20)/t13-,14+,17?/m0/s1. The summed E-state index contributed by atoms with van der Waals surface area (Å²) >= 11 is 0. The quantitative estimate of drug-likeness (QED) is 0.924. The maximum atomic E-state index is 13.1. The van der Waals surface area contributed by atoms with E-state index in [1.54, 1.807) is 12.2 Å². The smallest absolute Gasteiger partial charge is 0.408 e. The van der Waals surface area contributed by atoms with Crippen molar-refractivity contribution in [1.29, 1.82) is 0 Å². The predicted octanol–water partition coefficient (Wildman–Crippen LogP) is 1.99. The van der Waals surface area contributed by atoms with E-state index in [9.17, 15) is 9.59 Å². The van der Waals surface area contributed by atoms with Crippen LogP contribution in [0.2, 0.25) is 0 Å². The molecule has 6 heteroatoms. The fourth-order valence-electron chi connectivity index (χ4n) is 3.12. The van der Waals surface area contributed by atoms with Gasteiger partial charge < -0.3 is 19.5 Å². The van der Waals surface area contributed by atoms with E-state index in [0.29, 0.717) is 12.2 Å². The van der Waals surface area contributed by atoms with Crippen LogP contribution in [0.5, 0.6) is 0 Å². The van der Waals surface area contributed by atoms with Crippen LogP contribution in [-0.4, -0.2) is 30.4 Å². The van der Waals surface area contributed by atoms with E-state index in [1.807, 2.05) is 36.4 Å². The number of fused-ring (bicyclic) bond motifs is 2. The first kappa shape index (κ1) is 14.0. The van der Waals surface area contributed by atoms with Crippen LogP contribution in [0, 0.1) is 0 Å². The Bertz CT molecular complexity index is 711. The topological polar surface area (TPSA) is 73.9 Å². The molecule has 1 N–H and O–H groups in total. The van der Waals surface area contributed by atoms with E-state index in [1.165, 1.54) is 0 Å². The summed E-state index contributed by atoms with van der Waals surface area (Å²) < 4.78 is 16.2. The van der Waals surface area contributed by atoms with E-state index in [2.05, 4.69) is 5.32 Å². The third-order valence-corrected chi connectivity index (χ3v) is 4.29. The van der Waals surface area contributed by atoms with Gasteiger partial charge in [0.1, 0.15) is 11.8 Å². The molecular weight excluding hydrogens is 298 g/mol. The van der Waals surface area contributed by atoms with Gasteiger partial charge in [-0.3, -0.25) is 4.79 Å². The summed E-state index contributed by atoms with van der Waals surface area (Å²) in [5.41, 5.74) is -0.317. The highest BCUT2D eigenvalue weighted by Gasteiger charge is 2.52. The van der Waals surface area contributed by atoms with Crippen molar-refractivity contribution in [2.45, 2.75) is 24.2 Å². The minimum Gasteiger partial charge on any atom is -0.472 e. The second kappa shape index (κ2) is 5.24. The van der Waals surface area contributed by atoms with Crippen LogP contribution < -0.4 is 5.32 Å². The van der Waals surface area contributed by atoms with Crippen molar-refractivity contribution in [3.05, 3.63) is 59.9 Å². The third-order valence-electron chi connectivity index (χ3n) is 4.29. The van der Waals surface area contributed by atoms with Gasteiger partial charge in [0.2, 0.25) is 5.78 Å². The number of Topliss-reactive ketones (excluding diaryl/α,β-unsaturated/α-hetero) is 1. The van der Waals surface area contributed by atoms with Crippen molar-refractivity contribution < 1.29 is 23.8 Å². The summed E-state index contributed by atoms with van der Waals surface area (Å²) in [6, 6.07) is 8.76. The summed E-state index contributed by atoms with van der Waals surface area (Å²) in [5.74, 6) is 0.412. The van der Waals surface area contributed by atoms with E-state index in [-0.39, 0.29) is 12.6 Å². The molecule has 1 unspecified atom stereocenters. The minimum atomic E-state index is -1.13. The number of rotatable bonds is 3. The number of hydrogen-bond donors (Lipinski definition) is 1. The van der Waals surface area contributed by atoms with E-state index >= 15 is 0 Å². The number of amides is 1. The maximum absolute atomic E-state index is 13.1. The van der Waals surface area contributed by atoms with Crippen molar-refractivity contribution in [3.8, 4) is 0 Å². The van der Waals surface area contributed by atoms with Gasteiger partial charge in [0.25, 0.3) is 0 Å². The summed E-state index contributed by atoms with van der Waals surface area (Å²) in [4.78, 5) is 24.8. The van der Waals surface area contributed by atoms with Crippen molar-refractivity contribution >= 4 is 11.9 Å². The van der Waals surface area contributed by atoms with E-state index in [4.69, 9.17) is 14.2 Å². The summed E-state index contributed by atoms with van der Waals surface area (Å²) in [6.07, 6.45) is 4.02. The number of ether oxygens (including phenoxy) is 3. The van der Waals surface area contributed by atoms with Crippen LogP contribution in [0.3, 0.4) is 0 Å². The molecule has 1 amide bonds. The molecule has 2 fully saturated rings. The lowest BCUT2D eigenvalue weighted by Crippen LogP contribution is -2.51. The number of carbonyl (C=O) groups is 2. The molecule has 2 heterocycles. The lowest BCUT2D eigenvalue weighted by Gasteiger charge is -2.37. The highest BCUT2D eigenvalue weighted by atomic mass is 16.7. The SMILES string of the molecule is O=C1N[C@@H](c2ccccc2)[C@H](C(=O)C23C=CC=C(C2)OCO3)O1. The molecule has 23 heavy (non-hydrogen) atoms. The third kappa shape index (κ3) is 2.31. The molecular formula is C17H15NO5. The predicted molar refractivity (Wildman–Crippen MR) is 79.2 cm³/mol. The molecule has 1 aliphatic carbocycles. The number of ketones is 1. The molecule has 4 rings (SSSR count). The number of nitrogens with one attached hydrogen (secondary N) is 1. The second-order valence-electron chi connectivity index (χ2n) is 5.69. The van der Waals surface area contributed by atoms with Crippen molar-refractivity contribution in [2.75, 3.05) is 6.79 Å². The fourth-order valence-corrected chi connectivity index (χ4v) is 3.12. The molecule has 1 aromatic rings. The van der Waals surface area contributed by atoms with Gasteiger partial charge in [-0.25, -0.2) is 4.79 Å². The molecule has 0 aromatic heterocycles. The van der Waals surface area contributed by atoms with Gasteiger partial charge in [-0.1, -0.05) is 36.4 Å². The Morgan fingerprint density at radius 3 is 2.91 bits per heavy atom. The maximum Gasteiger partial charge on any atom is 0.408 e. The molecule has 3 atom stereocenters. The van der Waals surface area contributed by atoms with Gasteiger partial charge in [0.05, 0.1) is 0 Å². The molecule has 0 spiro atoms. The highest BCUT2D eigenvalue weighted by Crippen LogP contribution is 2.37. The Labute approximate surface area is 132 Å². The first-order valence-corrected chi connectivity index (χ1v) is 7.39. The lowest BCUT2D eigenvalue weighted by atomic mass is 9.83. The molecule has 1 aromatic carbocycles. The van der Waals surface area contributed by atoms with Crippen LogP contribution in [0.1, 0.15) is 18.0 Å². The average molecular weight is 313 g/mol. The Kier molecular flexibility index (Phi) is 3.20. The summed E-state index contributed by atoms with van der Waals surface area (Å²) in [6.45, 7) is 0.00596. The highest BCUT2D eigenvalue weighted by molar-refractivity contribution is 5.97. The van der Waals surface area contributed by atoms with Crippen molar-refractivity contribution in [3.63, 3.8) is 0 Å². The first-order chi connectivity index (χ1) is 11.2. The minimum absolute atomic E-state index is 0.00596. The molecule has 0 radical (unpaired) electrons. The normalized spacial score (nSPS) is 31.7. The molecule has 2 aliphatic heterocycles. The summed E-state index contributed by atoms with van der Waals surface area (Å²) in [5, 5.41) is 2.70. The van der Waals surface area contributed by atoms with Crippen molar-refractivity contribution in [2.24, 2.45) is 0 Å². The number of allylic oxidation sites excluding steroid dienone is 2. The molecule has 2 bridgehead atoms. The zero-order valence-electron chi connectivity index (χ0n) is 12.2. The Morgan fingerprint density at radius 1 is 1.26 bits per heavy atom. The zero-order valence-corrected chi connectivity index (χ0v) is 12.2. The Morgan fingerprint density at radius 2 is 2.09 bits per heavy atom. The van der Waals surface area contributed by atoms with Gasteiger partial charge in [-0.15, -0.1) is 0 Å². The van der Waals surface area contributed by atoms with Gasteiger partial charge in [0.15, 0.2) is 18.5 Å². The largest absolute Gasteiger partial charge is 0.472 e.